The van der Waals surface area contributed by atoms with Crippen LogP contribution < -0.4 is 5.32 Å². The van der Waals surface area contributed by atoms with Crippen molar-refractivity contribution in [3.05, 3.63) is 35.9 Å². The summed E-state index contributed by atoms with van der Waals surface area (Å²) < 4.78 is 11.6. The van der Waals surface area contributed by atoms with Crippen molar-refractivity contribution in [3.63, 3.8) is 0 Å². The van der Waals surface area contributed by atoms with Gasteiger partial charge in [0, 0.05) is 28.3 Å². The molecule has 1 atom stereocenters. The smallest absolute Gasteiger partial charge is 0.244 e. The Kier molecular flexibility index (Phi) is 3.15. The molecule has 4 rings (SSSR count). The first-order valence-electron chi connectivity index (χ1n) is 7.70. The fourth-order valence-electron chi connectivity index (χ4n) is 3.56. The van der Waals surface area contributed by atoms with Gasteiger partial charge in [-0.15, -0.1) is 0 Å². The van der Waals surface area contributed by atoms with Gasteiger partial charge in [0.2, 0.25) is 5.91 Å². The number of rotatable bonds is 2. The van der Waals surface area contributed by atoms with Gasteiger partial charge in [-0.25, -0.2) is 0 Å². The molecular formula is C16H20N2O2S. The fraction of sp³-hybridized carbons (Fsp3) is 0.562. The number of hydrogen-bond donors (Lipinski definition) is 1. The van der Waals surface area contributed by atoms with Crippen LogP contribution in [0.25, 0.3) is 0 Å². The molecule has 0 radical (unpaired) electrons. The summed E-state index contributed by atoms with van der Waals surface area (Å²) in [5.41, 5.74) is 0.859. The van der Waals surface area contributed by atoms with Crippen molar-refractivity contribution in [1.29, 1.82) is 0 Å². The quantitative estimate of drug-likeness (QED) is 0.902. The summed E-state index contributed by atoms with van der Waals surface area (Å²) in [6.45, 7) is 0. The molecule has 1 aromatic rings. The van der Waals surface area contributed by atoms with Crippen molar-refractivity contribution in [3.8, 4) is 0 Å². The number of benzene rings is 1. The van der Waals surface area contributed by atoms with Crippen molar-refractivity contribution in [2.75, 3.05) is 11.5 Å². The van der Waals surface area contributed by atoms with Crippen molar-refractivity contribution < 1.29 is 9.00 Å². The molecule has 5 heteroatoms. The Labute approximate surface area is 127 Å². The van der Waals surface area contributed by atoms with Gasteiger partial charge >= 0.3 is 0 Å². The van der Waals surface area contributed by atoms with E-state index in [1.54, 1.807) is 0 Å². The molecule has 2 aliphatic heterocycles. The van der Waals surface area contributed by atoms with Gasteiger partial charge in [0.25, 0.3) is 0 Å². The molecule has 21 heavy (non-hydrogen) atoms. The summed E-state index contributed by atoms with van der Waals surface area (Å²) in [6, 6.07) is 10.4. The third-order valence-corrected chi connectivity index (χ3v) is 6.33. The van der Waals surface area contributed by atoms with Crippen LogP contribution in [0.1, 0.15) is 37.4 Å². The Balaban J connectivity index is 1.64. The zero-order valence-electron chi connectivity index (χ0n) is 12.0. The molecule has 0 bridgehead atoms. The van der Waals surface area contributed by atoms with Crippen LogP contribution in [0.5, 0.6) is 0 Å². The minimum absolute atomic E-state index is 0.0160. The van der Waals surface area contributed by atoms with Gasteiger partial charge in [-0.1, -0.05) is 30.3 Å². The van der Waals surface area contributed by atoms with Gasteiger partial charge in [0.15, 0.2) is 0 Å². The van der Waals surface area contributed by atoms with Gasteiger partial charge in [-0.2, -0.15) is 0 Å². The molecule has 1 saturated carbocycles. The number of nitrogens with one attached hydrogen (secondary N) is 1. The lowest BCUT2D eigenvalue weighted by Crippen LogP contribution is -2.44. The molecule has 1 unspecified atom stereocenters. The third-order valence-electron chi connectivity index (χ3n) is 4.95. The standard InChI is InChI=1S/C16H20N2O2S/c19-15-16(8-9-16)17-14(12-4-2-1-3-5-12)18(15)13-6-10-21(20)11-7-13/h1-5,13-14,17H,6-11H2. The molecule has 112 valence electrons. The predicted molar refractivity (Wildman–Crippen MR) is 82.0 cm³/mol. The lowest BCUT2D eigenvalue weighted by molar-refractivity contribution is -0.133. The van der Waals surface area contributed by atoms with Crippen LogP contribution in [0.4, 0.5) is 0 Å². The van der Waals surface area contributed by atoms with Crippen molar-refractivity contribution in [1.82, 2.24) is 10.2 Å². The Bertz CT molecular complexity index is 575. The van der Waals surface area contributed by atoms with Crippen LogP contribution in [-0.4, -0.2) is 38.1 Å². The first-order valence-corrected chi connectivity index (χ1v) is 9.19. The molecule has 2 saturated heterocycles. The van der Waals surface area contributed by atoms with Gasteiger partial charge in [-0.3, -0.25) is 14.3 Å². The Hall–Kier alpha value is -1.20. The average molecular weight is 304 g/mol. The highest BCUT2D eigenvalue weighted by Crippen LogP contribution is 2.47. The van der Waals surface area contributed by atoms with E-state index in [2.05, 4.69) is 22.3 Å². The fourth-order valence-corrected chi connectivity index (χ4v) is 4.83. The Morgan fingerprint density at radius 2 is 1.81 bits per heavy atom. The van der Waals surface area contributed by atoms with E-state index in [0.29, 0.717) is 0 Å². The normalized spacial score (nSPS) is 34.4. The summed E-state index contributed by atoms with van der Waals surface area (Å²) in [5, 5.41) is 3.57. The van der Waals surface area contributed by atoms with Gasteiger partial charge in [0.1, 0.15) is 11.7 Å². The van der Waals surface area contributed by atoms with E-state index in [1.165, 1.54) is 0 Å². The lowest BCUT2D eigenvalue weighted by Gasteiger charge is -2.35. The Morgan fingerprint density at radius 3 is 2.43 bits per heavy atom. The number of hydrogen-bond acceptors (Lipinski definition) is 3. The molecule has 3 fully saturated rings. The summed E-state index contributed by atoms with van der Waals surface area (Å²) in [5.74, 6) is 1.71. The van der Waals surface area contributed by atoms with Crippen LogP contribution in [-0.2, 0) is 15.6 Å². The minimum atomic E-state index is -0.690. The van der Waals surface area contributed by atoms with Gasteiger partial charge in [-0.05, 0) is 31.2 Å². The average Bonchev–Trinajstić information content (AvgIpc) is 3.24. The molecular weight excluding hydrogens is 284 g/mol. The minimum Gasteiger partial charge on any atom is -0.318 e. The highest BCUT2D eigenvalue weighted by molar-refractivity contribution is 7.85. The monoisotopic (exact) mass is 304 g/mol. The summed E-state index contributed by atoms with van der Waals surface area (Å²) >= 11 is 0. The predicted octanol–water partition coefficient (Wildman–Crippen LogP) is 1.56. The van der Waals surface area contributed by atoms with E-state index < -0.39 is 10.8 Å². The Morgan fingerprint density at radius 1 is 1.14 bits per heavy atom. The maximum absolute atomic E-state index is 12.8. The molecule has 1 aliphatic carbocycles. The first kappa shape index (κ1) is 13.5. The second kappa shape index (κ2) is 4.92. The van der Waals surface area contributed by atoms with Crippen molar-refractivity contribution in [2.45, 2.75) is 43.4 Å². The van der Waals surface area contributed by atoms with Crippen molar-refractivity contribution >= 4 is 16.7 Å². The number of carbonyl (C=O) groups excluding carboxylic acids is 1. The van der Waals surface area contributed by atoms with Crippen LogP contribution >= 0.6 is 0 Å². The SMILES string of the molecule is O=C1N(C2CCS(=O)CC2)C(c2ccccc2)NC12CC2. The topological polar surface area (TPSA) is 49.4 Å². The summed E-state index contributed by atoms with van der Waals surface area (Å²) in [4.78, 5) is 14.9. The molecule has 1 spiro atoms. The molecule has 4 nitrogen and oxygen atoms in total. The molecule has 1 amide bonds. The molecule has 1 N–H and O–H groups in total. The largest absolute Gasteiger partial charge is 0.318 e. The lowest BCUT2D eigenvalue weighted by atomic mass is 10.1. The van der Waals surface area contributed by atoms with E-state index in [1.807, 2.05) is 18.2 Å². The second-order valence-corrected chi connectivity index (χ2v) is 8.03. The van der Waals surface area contributed by atoms with E-state index >= 15 is 0 Å². The van der Waals surface area contributed by atoms with Crippen LogP contribution in [0.3, 0.4) is 0 Å². The van der Waals surface area contributed by atoms with E-state index in [-0.39, 0.29) is 23.7 Å². The third kappa shape index (κ3) is 2.23. The van der Waals surface area contributed by atoms with E-state index in [4.69, 9.17) is 0 Å². The maximum Gasteiger partial charge on any atom is 0.244 e. The highest BCUT2D eigenvalue weighted by atomic mass is 32.2. The van der Waals surface area contributed by atoms with Gasteiger partial charge in [0.05, 0.1) is 0 Å². The van der Waals surface area contributed by atoms with E-state index in [0.717, 1.165) is 42.8 Å². The molecule has 3 aliphatic rings. The summed E-state index contributed by atoms with van der Waals surface area (Å²) in [7, 11) is -0.690. The van der Waals surface area contributed by atoms with Crippen molar-refractivity contribution in [2.24, 2.45) is 0 Å². The zero-order valence-corrected chi connectivity index (χ0v) is 12.8. The van der Waals surface area contributed by atoms with E-state index in [9.17, 15) is 9.00 Å². The highest BCUT2D eigenvalue weighted by Gasteiger charge is 2.60. The van der Waals surface area contributed by atoms with Crippen LogP contribution in [0, 0.1) is 0 Å². The number of amides is 1. The van der Waals surface area contributed by atoms with Crippen LogP contribution in [0.15, 0.2) is 30.3 Å². The number of nitrogens with zero attached hydrogens (tertiary/aromatic N) is 1. The maximum atomic E-state index is 12.8. The molecule has 0 aromatic heterocycles. The van der Waals surface area contributed by atoms with Gasteiger partial charge < -0.3 is 4.90 Å². The molecule has 1 aromatic carbocycles. The summed E-state index contributed by atoms with van der Waals surface area (Å²) in [6.07, 6.45) is 3.60. The second-order valence-electron chi connectivity index (χ2n) is 6.33. The first-order chi connectivity index (χ1) is 10.2. The zero-order chi connectivity index (χ0) is 14.4. The van der Waals surface area contributed by atoms with Crippen LogP contribution in [0.2, 0.25) is 0 Å². The molecule has 2 heterocycles. The number of carbonyl (C=O) groups is 1.